The van der Waals surface area contributed by atoms with Gasteiger partial charge in [0.1, 0.15) is 11.5 Å². The Morgan fingerprint density at radius 1 is 1.22 bits per heavy atom. The van der Waals surface area contributed by atoms with E-state index in [9.17, 15) is 9.59 Å². The van der Waals surface area contributed by atoms with Crippen LogP contribution in [0, 0.1) is 13.8 Å². The first-order valence-corrected chi connectivity index (χ1v) is 9.06. The van der Waals surface area contributed by atoms with Gasteiger partial charge in [-0.15, -0.1) is 0 Å². The van der Waals surface area contributed by atoms with Gasteiger partial charge in [-0.25, -0.2) is 0 Å². The van der Waals surface area contributed by atoms with Crippen molar-refractivity contribution in [2.24, 2.45) is 0 Å². The quantitative estimate of drug-likeness (QED) is 0.644. The number of rotatable bonds is 5. The van der Waals surface area contributed by atoms with Crippen molar-refractivity contribution in [3.63, 3.8) is 0 Å². The minimum absolute atomic E-state index is 0.0869. The van der Waals surface area contributed by atoms with E-state index in [-0.39, 0.29) is 24.1 Å². The fraction of sp³-hybridized carbons (Fsp3) is 0.211. The van der Waals surface area contributed by atoms with Crippen LogP contribution in [0.25, 0.3) is 11.5 Å². The van der Waals surface area contributed by atoms with E-state index >= 15 is 0 Å². The normalized spacial score (nSPS) is 10.7. The van der Waals surface area contributed by atoms with Gasteiger partial charge in [-0.05, 0) is 49.7 Å². The Balaban J connectivity index is 1.63. The lowest BCUT2D eigenvalue weighted by molar-refractivity contribution is -0.116. The lowest BCUT2D eigenvalue weighted by Crippen LogP contribution is -2.35. The minimum atomic E-state index is -0.358. The van der Waals surface area contributed by atoms with Crippen LogP contribution in [0.4, 0.5) is 5.69 Å². The van der Waals surface area contributed by atoms with Crippen molar-refractivity contribution in [1.29, 1.82) is 0 Å². The highest BCUT2D eigenvalue weighted by atomic mass is 79.9. The highest BCUT2D eigenvalue weighted by molar-refractivity contribution is 9.10. The Labute approximate surface area is 164 Å². The van der Waals surface area contributed by atoms with E-state index < -0.39 is 0 Å². The highest BCUT2D eigenvalue weighted by Gasteiger charge is 2.19. The van der Waals surface area contributed by atoms with Crippen LogP contribution in [0.3, 0.4) is 0 Å². The van der Waals surface area contributed by atoms with E-state index in [0.29, 0.717) is 17.1 Å². The Morgan fingerprint density at radius 2 is 2.00 bits per heavy atom. The van der Waals surface area contributed by atoms with Crippen LogP contribution in [0.5, 0.6) is 0 Å². The molecule has 0 aliphatic heterocycles. The average molecular weight is 431 g/mol. The fourth-order valence-corrected chi connectivity index (χ4v) is 3.05. The monoisotopic (exact) mass is 430 g/mol. The average Bonchev–Trinajstić information content (AvgIpc) is 3.25. The largest absolute Gasteiger partial charge is 0.460 e. The van der Waals surface area contributed by atoms with Crippen molar-refractivity contribution in [2.45, 2.75) is 13.8 Å². The molecule has 140 valence electrons. The van der Waals surface area contributed by atoms with E-state index in [1.165, 1.54) is 4.90 Å². The van der Waals surface area contributed by atoms with Crippen molar-refractivity contribution in [1.82, 2.24) is 15.1 Å². The molecule has 1 aromatic carbocycles. The summed E-state index contributed by atoms with van der Waals surface area (Å²) in [7, 11) is 1.56. The van der Waals surface area contributed by atoms with Crippen LogP contribution in [-0.4, -0.2) is 40.5 Å². The van der Waals surface area contributed by atoms with Crippen LogP contribution in [0.15, 0.2) is 45.3 Å². The van der Waals surface area contributed by atoms with Gasteiger partial charge < -0.3 is 14.6 Å². The number of anilines is 1. The zero-order valence-electron chi connectivity index (χ0n) is 15.2. The number of aromatic nitrogens is 2. The molecule has 3 aromatic rings. The summed E-state index contributed by atoms with van der Waals surface area (Å²) in [6.45, 7) is 3.65. The second kappa shape index (κ2) is 7.79. The summed E-state index contributed by atoms with van der Waals surface area (Å²) >= 11 is 3.39. The topological polar surface area (TPSA) is 91.2 Å². The first-order valence-electron chi connectivity index (χ1n) is 8.27. The molecule has 0 saturated heterocycles. The number of aromatic amines is 1. The Bertz CT molecular complexity index is 993. The SMILES string of the molecule is Cc1ccc(-c2cc(C(=O)N(C)CC(=O)Nc3ccc(Br)cc3C)n[nH]2)o1. The number of halogens is 1. The lowest BCUT2D eigenvalue weighted by atomic mass is 10.2. The molecule has 0 radical (unpaired) electrons. The number of likely N-dealkylation sites (N-methyl/N-ethyl adjacent to an activating group) is 1. The number of benzene rings is 1. The molecule has 8 heteroatoms. The summed E-state index contributed by atoms with van der Waals surface area (Å²) in [5.74, 6) is 0.729. The van der Waals surface area contributed by atoms with Crippen molar-refractivity contribution in [3.8, 4) is 11.5 Å². The molecule has 2 N–H and O–H groups in total. The van der Waals surface area contributed by atoms with Crippen LogP contribution in [-0.2, 0) is 4.79 Å². The Morgan fingerprint density at radius 3 is 2.67 bits per heavy atom. The smallest absolute Gasteiger partial charge is 0.274 e. The number of hydrogen-bond donors (Lipinski definition) is 2. The maximum absolute atomic E-state index is 12.5. The first kappa shape index (κ1) is 18.9. The van der Waals surface area contributed by atoms with Gasteiger partial charge in [-0.1, -0.05) is 15.9 Å². The second-order valence-corrected chi connectivity index (χ2v) is 7.16. The zero-order valence-corrected chi connectivity index (χ0v) is 16.8. The molecule has 2 amide bonds. The van der Waals surface area contributed by atoms with Crippen LogP contribution >= 0.6 is 15.9 Å². The van der Waals surface area contributed by atoms with Gasteiger partial charge in [0.2, 0.25) is 5.91 Å². The van der Waals surface area contributed by atoms with Gasteiger partial charge in [-0.2, -0.15) is 5.10 Å². The molecule has 0 unspecified atom stereocenters. The molecule has 2 aromatic heterocycles. The first-order chi connectivity index (χ1) is 12.8. The standard InChI is InChI=1S/C19H19BrN4O3/c1-11-8-13(20)5-6-14(11)21-18(25)10-24(3)19(26)16-9-15(22-23-16)17-7-4-12(2)27-17/h4-9H,10H2,1-3H3,(H,21,25)(H,22,23). The van der Waals surface area contributed by atoms with E-state index in [1.807, 2.05) is 38.1 Å². The van der Waals surface area contributed by atoms with Crippen LogP contribution in [0.2, 0.25) is 0 Å². The molecule has 0 atom stereocenters. The molecular formula is C19H19BrN4O3. The third-order valence-electron chi connectivity index (χ3n) is 3.99. The lowest BCUT2D eigenvalue weighted by Gasteiger charge is -2.16. The predicted octanol–water partition coefficient (Wildman–Crippen LogP) is 3.76. The number of amides is 2. The number of aryl methyl sites for hydroxylation is 2. The van der Waals surface area contributed by atoms with Crippen molar-refractivity contribution in [3.05, 3.63) is 57.9 Å². The minimum Gasteiger partial charge on any atom is -0.460 e. The fourth-order valence-electron chi connectivity index (χ4n) is 2.58. The van der Waals surface area contributed by atoms with Gasteiger partial charge in [0.15, 0.2) is 11.5 Å². The van der Waals surface area contributed by atoms with Gasteiger partial charge in [-0.3, -0.25) is 14.7 Å². The molecule has 0 saturated carbocycles. The van der Waals surface area contributed by atoms with Crippen molar-refractivity contribution < 1.29 is 14.0 Å². The van der Waals surface area contributed by atoms with E-state index in [4.69, 9.17) is 4.42 Å². The molecule has 3 rings (SSSR count). The number of nitrogens with one attached hydrogen (secondary N) is 2. The number of nitrogens with zero attached hydrogens (tertiary/aromatic N) is 2. The summed E-state index contributed by atoms with van der Waals surface area (Å²) in [6, 6.07) is 10.8. The number of furan rings is 1. The van der Waals surface area contributed by atoms with Crippen LogP contribution < -0.4 is 5.32 Å². The number of carbonyl (C=O) groups excluding carboxylic acids is 2. The highest BCUT2D eigenvalue weighted by Crippen LogP contribution is 2.21. The molecule has 0 bridgehead atoms. The Hall–Kier alpha value is -2.87. The molecule has 0 fully saturated rings. The summed E-state index contributed by atoms with van der Waals surface area (Å²) in [4.78, 5) is 26.1. The van der Waals surface area contributed by atoms with E-state index in [0.717, 1.165) is 15.8 Å². The third-order valence-corrected chi connectivity index (χ3v) is 4.49. The number of H-pyrrole nitrogens is 1. The molecule has 0 spiro atoms. The van der Waals surface area contributed by atoms with Gasteiger partial charge in [0.25, 0.3) is 5.91 Å². The van der Waals surface area contributed by atoms with E-state index in [2.05, 4.69) is 31.4 Å². The number of hydrogen-bond acceptors (Lipinski definition) is 4. The third kappa shape index (κ3) is 4.46. The Kier molecular flexibility index (Phi) is 5.46. The number of carbonyl (C=O) groups is 2. The molecule has 27 heavy (non-hydrogen) atoms. The molecular weight excluding hydrogens is 412 g/mol. The maximum Gasteiger partial charge on any atom is 0.274 e. The second-order valence-electron chi connectivity index (χ2n) is 6.25. The summed E-state index contributed by atoms with van der Waals surface area (Å²) in [5, 5.41) is 9.62. The molecule has 0 aliphatic carbocycles. The van der Waals surface area contributed by atoms with Crippen molar-refractivity contribution >= 4 is 33.4 Å². The van der Waals surface area contributed by atoms with Crippen molar-refractivity contribution in [2.75, 3.05) is 18.9 Å². The summed E-state index contributed by atoms with van der Waals surface area (Å²) < 4.78 is 6.45. The van der Waals surface area contributed by atoms with E-state index in [1.54, 1.807) is 19.2 Å². The molecule has 0 aliphatic rings. The predicted molar refractivity (Wildman–Crippen MR) is 105 cm³/mol. The summed E-state index contributed by atoms with van der Waals surface area (Å²) in [5.41, 5.74) is 2.46. The maximum atomic E-state index is 12.5. The van der Waals surface area contributed by atoms with Gasteiger partial charge in [0.05, 0.1) is 6.54 Å². The molecule has 7 nitrogen and oxygen atoms in total. The van der Waals surface area contributed by atoms with Crippen LogP contribution in [0.1, 0.15) is 21.8 Å². The van der Waals surface area contributed by atoms with Gasteiger partial charge >= 0.3 is 0 Å². The molecule has 2 heterocycles. The zero-order chi connectivity index (χ0) is 19.6. The summed E-state index contributed by atoms with van der Waals surface area (Å²) in [6.07, 6.45) is 0. The van der Waals surface area contributed by atoms with Gasteiger partial charge in [0, 0.05) is 23.3 Å².